The number of hydrogen-bond acceptors (Lipinski definition) is 3. The lowest BCUT2D eigenvalue weighted by molar-refractivity contribution is 0.323. The smallest absolute Gasteiger partial charge is 0.233 e. The summed E-state index contributed by atoms with van der Waals surface area (Å²) in [4.78, 5) is 4.90. The van der Waals surface area contributed by atoms with Crippen molar-refractivity contribution in [2.24, 2.45) is 4.99 Å². The van der Waals surface area contributed by atoms with Crippen molar-refractivity contribution in [3.05, 3.63) is 93.8 Å². The number of thioether (sulfide) groups is 1. The molecule has 1 aliphatic rings. The third-order valence-electron chi connectivity index (χ3n) is 5.76. The summed E-state index contributed by atoms with van der Waals surface area (Å²) in [5, 5.41) is 0. The first-order valence-corrected chi connectivity index (χ1v) is 11.7. The van der Waals surface area contributed by atoms with E-state index in [1.165, 1.54) is 33.4 Å². The van der Waals surface area contributed by atoms with Crippen LogP contribution >= 0.6 is 11.8 Å². The maximum atomic E-state index is 6.01. The Kier molecular flexibility index (Phi) is 6.33. The van der Waals surface area contributed by atoms with Gasteiger partial charge >= 0.3 is 0 Å². The van der Waals surface area contributed by atoms with E-state index in [0.717, 1.165) is 29.6 Å². The van der Waals surface area contributed by atoms with E-state index in [1.54, 1.807) is 0 Å². The first kappa shape index (κ1) is 20.8. The molecule has 1 atom stereocenters. The first-order valence-electron chi connectivity index (χ1n) is 10.6. The molecule has 4 heteroatoms. The Bertz CT molecular complexity index is 1040. The van der Waals surface area contributed by atoms with Gasteiger partial charge in [-0.15, -0.1) is 0 Å². The molecule has 1 unspecified atom stereocenters. The minimum Gasteiger partial charge on any atom is -0.474 e. The van der Waals surface area contributed by atoms with Crippen LogP contribution in [0.1, 0.15) is 39.1 Å². The molecule has 0 saturated heterocycles. The molecule has 0 bridgehead atoms. The van der Waals surface area contributed by atoms with E-state index in [2.05, 4.69) is 87.0 Å². The van der Waals surface area contributed by atoms with Gasteiger partial charge in [-0.3, -0.25) is 0 Å². The Labute approximate surface area is 184 Å². The molecule has 1 aromatic heterocycles. The van der Waals surface area contributed by atoms with E-state index in [0.29, 0.717) is 6.61 Å². The summed E-state index contributed by atoms with van der Waals surface area (Å²) >= 11 is 1.94. The van der Waals surface area contributed by atoms with Crippen molar-refractivity contribution < 1.29 is 4.74 Å². The van der Waals surface area contributed by atoms with Gasteiger partial charge in [-0.1, -0.05) is 42.0 Å². The number of aryl methyl sites for hydroxylation is 4. The summed E-state index contributed by atoms with van der Waals surface area (Å²) in [7, 11) is 0. The van der Waals surface area contributed by atoms with Crippen LogP contribution in [0.3, 0.4) is 0 Å². The highest BCUT2D eigenvalue weighted by atomic mass is 32.2. The van der Waals surface area contributed by atoms with Crippen LogP contribution in [0, 0.1) is 27.7 Å². The van der Waals surface area contributed by atoms with Crippen LogP contribution in [-0.4, -0.2) is 28.9 Å². The molecule has 2 aromatic carbocycles. The number of rotatable bonds is 7. The van der Waals surface area contributed by atoms with Gasteiger partial charge in [0.05, 0.1) is 6.04 Å². The summed E-state index contributed by atoms with van der Waals surface area (Å²) in [6, 6.07) is 17.5. The van der Waals surface area contributed by atoms with Crippen molar-refractivity contribution in [2.45, 2.75) is 46.0 Å². The highest BCUT2D eigenvalue weighted by Gasteiger charge is 2.22. The van der Waals surface area contributed by atoms with E-state index in [-0.39, 0.29) is 6.04 Å². The average Bonchev–Trinajstić information content (AvgIpc) is 3.35. The highest BCUT2D eigenvalue weighted by Crippen LogP contribution is 2.23. The molecule has 0 saturated carbocycles. The molecule has 0 N–H and O–H groups in total. The number of ether oxygens (including phenoxy) is 1. The standard InChI is InChI=1S/C26H30N2OS/c1-18-12-20(3)24(21(4)13-18)14-28-11-7-10-25(28)26-27-23(15-29-26)17-30-16-22-9-6-5-8-19(22)2/h5-13,23H,14-17H2,1-4H3. The van der Waals surface area contributed by atoms with Crippen LogP contribution in [0.25, 0.3) is 0 Å². The molecule has 2 heterocycles. The van der Waals surface area contributed by atoms with E-state index >= 15 is 0 Å². The predicted octanol–water partition coefficient (Wildman–Crippen LogP) is 5.85. The van der Waals surface area contributed by atoms with Crippen LogP contribution in [0.15, 0.2) is 59.7 Å². The lowest BCUT2D eigenvalue weighted by Crippen LogP contribution is -2.12. The molecular formula is C26H30N2OS. The Morgan fingerprint density at radius 2 is 1.77 bits per heavy atom. The zero-order valence-corrected chi connectivity index (χ0v) is 19.1. The van der Waals surface area contributed by atoms with Gasteiger partial charge in [0.1, 0.15) is 12.3 Å². The normalized spacial score (nSPS) is 15.9. The SMILES string of the molecule is Cc1cc(C)c(Cn2cccc2C2=NC(CSCc3ccccc3C)CO2)c(C)c1. The van der Waals surface area contributed by atoms with E-state index in [9.17, 15) is 0 Å². The molecule has 0 fully saturated rings. The lowest BCUT2D eigenvalue weighted by atomic mass is 10.00. The van der Waals surface area contributed by atoms with E-state index < -0.39 is 0 Å². The minimum atomic E-state index is 0.222. The van der Waals surface area contributed by atoms with Gasteiger partial charge in [0, 0.05) is 24.2 Å². The summed E-state index contributed by atoms with van der Waals surface area (Å²) in [6.45, 7) is 10.2. The fourth-order valence-corrected chi connectivity index (χ4v) is 5.20. The van der Waals surface area contributed by atoms with Crippen molar-refractivity contribution in [3.63, 3.8) is 0 Å². The van der Waals surface area contributed by atoms with Crippen molar-refractivity contribution in [3.8, 4) is 0 Å². The second-order valence-corrected chi connectivity index (χ2v) is 9.27. The minimum absolute atomic E-state index is 0.222. The zero-order chi connectivity index (χ0) is 21.1. The molecule has 3 nitrogen and oxygen atoms in total. The van der Waals surface area contributed by atoms with Crippen LogP contribution in [0.4, 0.5) is 0 Å². The molecular weight excluding hydrogens is 388 g/mol. The Balaban J connectivity index is 1.42. The number of nitrogens with zero attached hydrogens (tertiary/aromatic N) is 2. The molecule has 0 aliphatic carbocycles. The fraction of sp³-hybridized carbons (Fsp3) is 0.346. The third-order valence-corrected chi connectivity index (χ3v) is 6.89. The Hall–Kier alpha value is -2.46. The molecule has 0 spiro atoms. The molecule has 0 amide bonds. The molecule has 0 radical (unpaired) electrons. The van der Waals surface area contributed by atoms with Crippen LogP contribution in [-0.2, 0) is 17.0 Å². The quantitative estimate of drug-likeness (QED) is 0.481. The fourth-order valence-electron chi connectivity index (χ4n) is 4.09. The molecule has 3 aromatic rings. The maximum Gasteiger partial charge on any atom is 0.233 e. The summed E-state index contributed by atoms with van der Waals surface area (Å²) in [6.07, 6.45) is 2.13. The first-order chi connectivity index (χ1) is 14.5. The van der Waals surface area contributed by atoms with Gasteiger partial charge in [0.15, 0.2) is 0 Å². The van der Waals surface area contributed by atoms with Gasteiger partial charge in [0.25, 0.3) is 0 Å². The Morgan fingerprint density at radius 3 is 2.53 bits per heavy atom. The van der Waals surface area contributed by atoms with Crippen LogP contribution < -0.4 is 0 Å². The second kappa shape index (κ2) is 9.13. The van der Waals surface area contributed by atoms with Crippen molar-refractivity contribution in [2.75, 3.05) is 12.4 Å². The van der Waals surface area contributed by atoms with Crippen molar-refractivity contribution >= 4 is 17.7 Å². The predicted molar refractivity (Wildman–Crippen MR) is 128 cm³/mol. The zero-order valence-electron chi connectivity index (χ0n) is 18.3. The third kappa shape index (κ3) is 4.65. The molecule has 156 valence electrons. The number of benzene rings is 2. The number of hydrogen-bond donors (Lipinski definition) is 0. The number of aliphatic imine (C=N–C) groups is 1. The van der Waals surface area contributed by atoms with Crippen molar-refractivity contribution in [1.82, 2.24) is 4.57 Å². The highest BCUT2D eigenvalue weighted by molar-refractivity contribution is 7.98. The van der Waals surface area contributed by atoms with Gasteiger partial charge in [-0.2, -0.15) is 11.8 Å². The van der Waals surface area contributed by atoms with Crippen molar-refractivity contribution in [1.29, 1.82) is 0 Å². The van der Waals surface area contributed by atoms with Gasteiger partial charge in [-0.05, 0) is 67.6 Å². The lowest BCUT2D eigenvalue weighted by Gasteiger charge is -2.14. The second-order valence-electron chi connectivity index (χ2n) is 8.24. The summed E-state index contributed by atoms with van der Waals surface area (Å²) in [5.41, 5.74) is 9.21. The Morgan fingerprint density at radius 1 is 1.00 bits per heavy atom. The maximum absolute atomic E-state index is 6.01. The summed E-state index contributed by atoms with van der Waals surface area (Å²) in [5.74, 6) is 2.79. The van der Waals surface area contributed by atoms with Gasteiger partial charge in [-0.25, -0.2) is 4.99 Å². The summed E-state index contributed by atoms with van der Waals surface area (Å²) < 4.78 is 8.27. The largest absolute Gasteiger partial charge is 0.474 e. The van der Waals surface area contributed by atoms with Gasteiger partial charge < -0.3 is 9.30 Å². The van der Waals surface area contributed by atoms with Gasteiger partial charge in [0.2, 0.25) is 5.90 Å². The molecule has 30 heavy (non-hydrogen) atoms. The van der Waals surface area contributed by atoms with E-state index in [1.807, 2.05) is 11.8 Å². The van der Waals surface area contributed by atoms with Crippen LogP contribution in [0.5, 0.6) is 0 Å². The average molecular weight is 419 g/mol. The van der Waals surface area contributed by atoms with E-state index in [4.69, 9.17) is 9.73 Å². The topological polar surface area (TPSA) is 26.5 Å². The molecule has 4 rings (SSSR count). The van der Waals surface area contributed by atoms with Crippen LogP contribution in [0.2, 0.25) is 0 Å². The monoisotopic (exact) mass is 418 g/mol. The molecule has 1 aliphatic heterocycles. The number of aromatic nitrogens is 1.